The molecule has 0 amide bonds. The fourth-order valence-electron chi connectivity index (χ4n) is 1.65. The van der Waals surface area contributed by atoms with E-state index in [9.17, 15) is 4.79 Å². The zero-order chi connectivity index (χ0) is 13.4. The number of hydrogen-bond donors (Lipinski definition) is 1. The monoisotopic (exact) mass is 271 g/mol. The molecule has 0 saturated carbocycles. The van der Waals surface area contributed by atoms with Gasteiger partial charge in [-0.2, -0.15) is 5.10 Å². The number of aromatic nitrogens is 2. The van der Waals surface area contributed by atoms with E-state index in [0.717, 1.165) is 25.8 Å². The Hall–Kier alpha value is -1.03. The van der Waals surface area contributed by atoms with Crippen LogP contribution >= 0.6 is 11.6 Å². The fourth-order valence-corrected chi connectivity index (χ4v) is 1.87. The predicted molar refractivity (Wildman–Crippen MR) is 76.4 cm³/mol. The summed E-state index contributed by atoms with van der Waals surface area (Å²) in [5.74, 6) is 0. The molecule has 0 atom stereocenters. The van der Waals surface area contributed by atoms with Crippen molar-refractivity contribution in [1.82, 2.24) is 9.78 Å². The van der Waals surface area contributed by atoms with Crippen molar-refractivity contribution in [2.24, 2.45) is 0 Å². The Kier molecular flexibility index (Phi) is 6.80. The van der Waals surface area contributed by atoms with Crippen molar-refractivity contribution in [3.63, 3.8) is 0 Å². The molecule has 0 aliphatic heterocycles. The van der Waals surface area contributed by atoms with Crippen LogP contribution in [0.2, 0.25) is 5.02 Å². The SMILES string of the molecule is CCCCCNc1cnn(CCCC)c(=O)c1Cl. The van der Waals surface area contributed by atoms with E-state index in [-0.39, 0.29) is 10.6 Å². The fraction of sp³-hybridized carbons (Fsp3) is 0.692. The third-order valence-corrected chi connectivity index (χ3v) is 3.17. The zero-order valence-corrected chi connectivity index (χ0v) is 12.0. The number of rotatable bonds is 8. The minimum atomic E-state index is -0.203. The summed E-state index contributed by atoms with van der Waals surface area (Å²) in [4.78, 5) is 11.9. The van der Waals surface area contributed by atoms with Crippen LogP contribution in [0.25, 0.3) is 0 Å². The number of hydrogen-bond acceptors (Lipinski definition) is 3. The van der Waals surface area contributed by atoms with Crippen LogP contribution in [0.15, 0.2) is 11.0 Å². The van der Waals surface area contributed by atoms with Crippen molar-refractivity contribution < 1.29 is 0 Å². The van der Waals surface area contributed by atoms with Gasteiger partial charge in [-0.15, -0.1) is 0 Å². The number of aryl methyl sites for hydroxylation is 1. The number of nitrogens with zero attached hydrogens (tertiary/aromatic N) is 2. The predicted octanol–water partition coefficient (Wildman–Crippen LogP) is 3.30. The maximum atomic E-state index is 11.9. The van der Waals surface area contributed by atoms with Crippen molar-refractivity contribution >= 4 is 17.3 Å². The van der Waals surface area contributed by atoms with Gasteiger partial charge in [-0.3, -0.25) is 4.79 Å². The molecule has 18 heavy (non-hydrogen) atoms. The molecule has 0 aliphatic rings. The minimum absolute atomic E-state index is 0.203. The van der Waals surface area contributed by atoms with Gasteiger partial charge in [0.25, 0.3) is 5.56 Å². The average molecular weight is 272 g/mol. The van der Waals surface area contributed by atoms with Crippen molar-refractivity contribution in [1.29, 1.82) is 0 Å². The second kappa shape index (κ2) is 8.14. The lowest BCUT2D eigenvalue weighted by Gasteiger charge is -2.09. The van der Waals surface area contributed by atoms with E-state index in [0.29, 0.717) is 12.2 Å². The number of nitrogens with one attached hydrogen (secondary N) is 1. The van der Waals surface area contributed by atoms with Gasteiger partial charge >= 0.3 is 0 Å². The molecular formula is C13H22ClN3O. The summed E-state index contributed by atoms with van der Waals surface area (Å²) < 4.78 is 1.43. The molecule has 0 spiro atoms. The Bertz CT molecular complexity index is 417. The Morgan fingerprint density at radius 3 is 2.67 bits per heavy atom. The summed E-state index contributed by atoms with van der Waals surface area (Å²) in [7, 11) is 0. The van der Waals surface area contributed by atoms with Crippen LogP contribution in [0.3, 0.4) is 0 Å². The first-order chi connectivity index (χ1) is 8.70. The third kappa shape index (κ3) is 4.33. The van der Waals surface area contributed by atoms with E-state index in [1.54, 1.807) is 6.20 Å². The summed E-state index contributed by atoms with van der Waals surface area (Å²) >= 11 is 6.05. The number of unbranched alkanes of at least 4 members (excludes halogenated alkanes) is 3. The zero-order valence-electron chi connectivity index (χ0n) is 11.2. The summed E-state index contributed by atoms with van der Waals surface area (Å²) in [6.45, 7) is 5.69. The first kappa shape index (κ1) is 15.0. The largest absolute Gasteiger partial charge is 0.382 e. The number of halogens is 1. The van der Waals surface area contributed by atoms with Gasteiger partial charge in [0.2, 0.25) is 0 Å². The second-order valence-electron chi connectivity index (χ2n) is 4.39. The van der Waals surface area contributed by atoms with Crippen LogP contribution in [0, 0.1) is 0 Å². The van der Waals surface area contributed by atoms with Crippen LogP contribution in [0.4, 0.5) is 5.69 Å². The Morgan fingerprint density at radius 1 is 1.28 bits per heavy atom. The standard InChI is InChI=1S/C13H22ClN3O/c1-3-5-7-8-15-11-10-16-17(9-6-4-2)13(18)12(11)14/h10,15H,3-9H2,1-2H3. The van der Waals surface area contributed by atoms with Gasteiger partial charge in [-0.1, -0.05) is 44.7 Å². The normalized spacial score (nSPS) is 10.6. The van der Waals surface area contributed by atoms with Gasteiger partial charge < -0.3 is 5.32 Å². The summed E-state index contributed by atoms with van der Waals surface area (Å²) in [5, 5.41) is 7.54. The van der Waals surface area contributed by atoms with Crippen LogP contribution in [-0.4, -0.2) is 16.3 Å². The molecule has 0 aromatic carbocycles. The summed E-state index contributed by atoms with van der Waals surface area (Å²) in [6.07, 6.45) is 7.03. The quantitative estimate of drug-likeness (QED) is 0.738. The molecule has 0 aliphatic carbocycles. The van der Waals surface area contributed by atoms with Crippen molar-refractivity contribution in [3.05, 3.63) is 21.6 Å². The molecule has 5 heteroatoms. The average Bonchev–Trinajstić information content (AvgIpc) is 2.38. The molecule has 1 heterocycles. The lowest BCUT2D eigenvalue weighted by atomic mass is 10.2. The van der Waals surface area contributed by atoms with Gasteiger partial charge in [0.1, 0.15) is 5.02 Å². The topological polar surface area (TPSA) is 46.9 Å². The van der Waals surface area contributed by atoms with Crippen LogP contribution < -0.4 is 10.9 Å². The van der Waals surface area contributed by atoms with E-state index in [1.807, 2.05) is 0 Å². The Morgan fingerprint density at radius 2 is 2.00 bits per heavy atom. The van der Waals surface area contributed by atoms with Gasteiger partial charge in [0, 0.05) is 13.1 Å². The van der Waals surface area contributed by atoms with Gasteiger partial charge in [-0.05, 0) is 12.8 Å². The molecule has 1 rings (SSSR count). The molecule has 0 fully saturated rings. The van der Waals surface area contributed by atoms with Crippen LogP contribution in [0.1, 0.15) is 46.0 Å². The minimum Gasteiger partial charge on any atom is -0.382 e. The van der Waals surface area contributed by atoms with Crippen molar-refractivity contribution in [2.75, 3.05) is 11.9 Å². The Balaban J connectivity index is 2.65. The van der Waals surface area contributed by atoms with Gasteiger partial charge in [0.15, 0.2) is 0 Å². The molecule has 0 saturated heterocycles. The lowest BCUT2D eigenvalue weighted by molar-refractivity contribution is 0.543. The van der Waals surface area contributed by atoms with E-state index >= 15 is 0 Å². The van der Waals surface area contributed by atoms with Crippen LogP contribution in [0.5, 0.6) is 0 Å². The lowest BCUT2D eigenvalue weighted by Crippen LogP contribution is -2.24. The highest BCUT2D eigenvalue weighted by molar-refractivity contribution is 6.32. The molecule has 0 unspecified atom stereocenters. The highest BCUT2D eigenvalue weighted by Gasteiger charge is 2.08. The Labute approximate surface area is 113 Å². The molecule has 1 aromatic heterocycles. The van der Waals surface area contributed by atoms with E-state index < -0.39 is 0 Å². The smallest absolute Gasteiger partial charge is 0.287 e. The first-order valence-corrected chi connectivity index (χ1v) is 7.08. The summed E-state index contributed by atoms with van der Waals surface area (Å²) in [6, 6.07) is 0. The van der Waals surface area contributed by atoms with E-state index in [4.69, 9.17) is 11.6 Å². The highest BCUT2D eigenvalue weighted by Crippen LogP contribution is 2.15. The van der Waals surface area contributed by atoms with Crippen molar-refractivity contribution in [2.45, 2.75) is 52.5 Å². The second-order valence-corrected chi connectivity index (χ2v) is 4.77. The molecule has 4 nitrogen and oxygen atoms in total. The molecule has 0 bridgehead atoms. The molecular weight excluding hydrogens is 250 g/mol. The third-order valence-electron chi connectivity index (χ3n) is 2.80. The van der Waals surface area contributed by atoms with E-state index in [2.05, 4.69) is 24.3 Å². The molecule has 102 valence electrons. The van der Waals surface area contributed by atoms with Gasteiger partial charge in [-0.25, -0.2) is 4.68 Å². The summed E-state index contributed by atoms with van der Waals surface area (Å²) in [5.41, 5.74) is 0.441. The van der Waals surface area contributed by atoms with E-state index in [1.165, 1.54) is 17.5 Å². The first-order valence-electron chi connectivity index (χ1n) is 6.70. The number of anilines is 1. The maximum absolute atomic E-state index is 11.9. The maximum Gasteiger partial charge on any atom is 0.287 e. The van der Waals surface area contributed by atoms with Crippen molar-refractivity contribution in [3.8, 4) is 0 Å². The van der Waals surface area contributed by atoms with Gasteiger partial charge in [0.05, 0.1) is 11.9 Å². The molecule has 0 radical (unpaired) electrons. The molecule has 1 N–H and O–H groups in total. The van der Waals surface area contributed by atoms with Crippen LogP contribution in [-0.2, 0) is 6.54 Å². The highest BCUT2D eigenvalue weighted by atomic mass is 35.5. The molecule has 1 aromatic rings.